The van der Waals surface area contributed by atoms with Gasteiger partial charge in [0.15, 0.2) is 0 Å². The van der Waals surface area contributed by atoms with Gasteiger partial charge in [-0.15, -0.1) is 0 Å². The van der Waals surface area contributed by atoms with E-state index in [0.717, 1.165) is 0 Å². The molecule has 0 saturated heterocycles. The number of ketones is 1. The number of phenolic OH excluding ortho intramolecular Hbond substituents is 1. The van der Waals surface area contributed by atoms with E-state index >= 15 is 0 Å². The summed E-state index contributed by atoms with van der Waals surface area (Å²) in [4.78, 5) is 50.6. The summed E-state index contributed by atoms with van der Waals surface area (Å²) in [6.07, 6.45) is 0.279. The molecular weight excluding hydrogens is 597 g/mol. The summed E-state index contributed by atoms with van der Waals surface area (Å²) in [5, 5.41) is 13.3. The van der Waals surface area contributed by atoms with Gasteiger partial charge >= 0.3 is 232 Å². The molecule has 231 valence electrons. The second kappa shape index (κ2) is 14.3. The average Bonchev–Trinajstić information content (AvgIpc) is 2.99. The van der Waals surface area contributed by atoms with Crippen molar-refractivity contribution in [2.24, 2.45) is 10.8 Å². The van der Waals surface area contributed by atoms with Crippen molar-refractivity contribution in [2.45, 2.75) is 47.0 Å². The minimum atomic E-state index is -2.06. The SMILES string of the molecule is CCOC(=O)C(C)(CCC(=O)Nc1cc[c]([Co](=[O])[c]2ccc(C(=O)c3ccccc3)c(O)c2)cc1)CC(C)(C)C(=O)OC. The Kier molecular flexibility index (Phi) is 11.1. The minimum Gasteiger partial charge on any atom is -0.469 e. The van der Waals surface area contributed by atoms with E-state index in [4.69, 9.17) is 9.47 Å². The molecule has 0 fully saturated rings. The summed E-state index contributed by atoms with van der Waals surface area (Å²) in [7, 11) is 1.29. The summed E-state index contributed by atoms with van der Waals surface area (Å²) in [5.74, 6) is -1.89. The van der Waals surface area contributed by atoms with Crippen LogP contribution in [0, 0.1) is 10.8 Å². The van der Waals surface area contributed by atoms with Crippen LogP contribution in [0.25, 0.3) is 0 Å². The number of nitrogens with one attached hydrogen (secondary N) is 1. The van der Waals surface area contributed by atoms with E-state index in [9.17, 15) is 28.2 Å². The molecule has 3 aromatic carbocycles. The van der Waals surface area contributed by atoms with Crippen molar-refractivity contribution in [3.8, 4) is 5.75 Å². The molecule has 0 aliphatic rings. The number of aromatic hydroxyl groups is 1. The first-order chi connectivity index (χ1) is 20.3. The number of phenols is 1. The molecule has 0 bridgehead atoms. The number of carbonyl (C=O) groups excluding carboxylic acids is 4. The number of anilines is 1. The smallest absolute Gasteiger partial charge is 0.469 e. The molecule has 1 amide bonds. The molecule has 9 nitrogen and oxygen atoms in total. The summed E-state index contributed by atoms with van der Waals surface area (Å²) in [5.41, 5.74) is -1.05. The van der Waals surface area contributed by atoms with Gasteiger partial charge in [0.2, 0.25) is 0 Å². The van der Waals surface area contributed by atoms with Crippen LogP contribution in [0.1, 0.15) is 62.9 Å². The van der Waals surface area contributed by atoms with Gasteiger partial charge in [-0.3, -0.25) is 4.79 Å². The predicted molar refractivity (Wildman–Crippen MR) is 157 cm³/mol. The van der Waals surface area contributed by atoms with Crippen molar-refractivity contribution in [2.75, 3.05) is 19.0 Å². The minimum absolute atomic E-state index is 0.00420. The first-order valence-corrected chi connectivity index (χ1v) is 15.2. The molecule has 2 N–H and O–H groups in total. The summed E-state index contributed by atoms with van der Waals surface area (Å²) in [6.45, 7) is 6.91. The number of hydrogen-bond donors (Lipinski definition) is 2. The van der Waals surface area contributed by atoms with Crippen molar-refractivity contribution in [1.82, 2.24) is 0 Å². The van der Waals surface area contributed by atoms with Gasteiger partial charge in [-0.1, -0.05) is 0 Å². The topological polar surface area (TPSA) is 136 Å². The van der Waals surface area contributed by atoms with Gasteiger partial charge in [-0.25, -0.2) is 0 Å². The zero-order valence-corrected chi connectivity index (χ0v) is 25.9. The van der Waals surface area contributed by atoms with Crippen LogP contribution in [-0.2, 0) is 41.3 Å². The van der Waals surface area contributed by atoms with Gasteiger partial charge in [0.25, 0.3) is 0 Å². The molecular formula is C33H37CoNO8. The van der Waals surface area contributed by atoms with Crippen LogP contribution in [0.2, 0.25) is 0 Å². The van der Waals surface area contributed by atoms with Gasteiger partial charge in [0.05, 0.1) is 7.11 Å². The zero-order valence-electron chi connectivity index (χ0n) is 24.9. The molecule has 3 aromatic rings. The van der Waals surface area contributed by atoms with E-state index in [1.807, 2.05) is 0 Å². The second-order valence-electron chi connectivity index (χ2n) is 10.9. The van der Waals surface area contributed by atoms with Gasteiger partial charge in [-0.05, 0) is 6.92 Å². The number of carbonyl (C=O) groups is 4. The molecule has 0 spiro atoms. The van der Waals surface area contributed by atoms with Crippen molar-refractivity contribution >= 4 is 38.3 Å². The van der Waals surface area contributed by atoms with Crippen LogP contribution in [-0.4, -0.2) is 42.5 Å². The Bertz CT molecular complexity index is 1500. The molecule has 0 radical (unpaired) electrons. The first-order valence-electron chi connectivity index (χ1n) is 13.7. The Hall–Kier alpha value is -4.15. The van der Waals surface area contributed by atoms with E-state index < -0.39 is 36.4 Å². The quantitative estimate of drug-likeness (QED) is 0.209. The molecule has 43 heavy (non-hydrogen) atoms. The molecule has 0 aromatic heterocycles. The first kappa shape index (κ1) is 33.3. The Morgan fingerprint density at radius 3 is 2.09 bits per heavy atom. The van der Waals surface area contributed by atoms with Crippen LogP contribution in [0.5, 0.6) is 5.75 Å². The van der Waals surface area contributed by atoms with E-state index in [2.05, 4.69) is 5.32 Å². The Morgan fingerprint density at radius 1 is 0.884 bits per heavy atom. The standard InChI is InChI=1S/C20H28NO5.C13H9O2.Co.O/c1-6-26-18(24)20(4,14-19(2,3)17(23)25-5)13-12-16(22)21-15-10-8-7-9-11-15;14-12-9-5-4-8-11(12)13(15)10-6-2-1-3-7-10;;/h8-11H,6,12-14H2,1-5H3,(H,21,22);1-4,6-9,14H;;. The zero-order chi connectivity index (χ0) is 31.8. The van der Waals surface area contributed by atoms with Gasteiger partial charge in [-0.2, -0.15) is 0 Å². The number of amides is 1. The average molecular weight is 635 g/mol. The molecule has 0 aliphatic heterocycles. The van der Waals surface area contributed by atoms with Gasteiger partial charge < -0.3 is 4.74 Å². The van der Waals surface area contributed by atoms with Crippen LogP contribution in [0.15, 0.2) is 72.8 Å². The molecule has 0 heterocycles. The van der Waals surface area contributed by atoms with Crippen molar-refractivity contribution < 1.29 is 51.2 Å². The monoisotopic (exact) mass is 634 g/mol. The number of hydrogen-bond acceptors (Lipinski definition) is 8. The normalized spacial score (nSPS) is 12.9. The number of methoxy groups -OCH3 is 1. The second-order valence-corrected chi connectivity index (χ2v) is 12.8. The summed E-state index contributed by atoms with van der Waals surface area (Å²) in [6, 6.07) is 19.3. The van der Waals surface area contributed by atoms with Gasteiger partial charge in [0.1, 0.15) is 0 Å². The molecule has 3 rings (SSSR count). The Labute approximate surface area is 255 Å². The van der Waals surface area contributed by atoms with Crippen LogP contribution >= 0.6 is 0 Å². The third-order valence-corrected chi connectivity index (χ3v) is 8.69. The molecule has 1 atom stereocenters. The maximum absolute atomic E-state index is 13.2. The van der Waals surface area contributed by atoms with E-state index in [-0.39, 0.29) is 48.9 Å². The number of ether oxygens (including phenoxy) is 2. The molecule has 1 unspecified atom stereocenters. The van der Waals surface area contributed by atoms with Crippen LogP contribution < -0.4 is 14.3 Å². The fourth-order valence-corrected chi connectivity index (χ4v) is 6.13. The molecule has 0 saturated carbocycles. The van der Waals surface area contributed by atoms with Crippen molar-refractivity contribution in [3.63, 3.8) is 0 Å². The fraction of sp³-hybridized carbons (Fsp3) is 0.333. The van der Waals surface area contributed by atoms with E-state index in [0.29, 0.717) is 20.2 Å². The third-order valence-electron chi connectivity index (χ3n) is 6.93. The third kappa shape index (κ3) is 8.45. The Morgan fingerprint density at radius 2 is 1.51 bits per heavy atom. The molecule has 10 heteroatoms. The number of benzene rings is 3. The Balaban J connectivity index is 1.66. The number of rotatable bonds is 13. The van der Waals surface area contributed by atoms with Crippen LogP contribution in [0.4, 0.5) is 5.69 Å². The van der Waals surface area contributed by atoms with Gasteiger partial charge in [0, 0.05) is 0 Å². The number of esters is 2. The summed E-state index contributed by atoms with van der Waals surface area (Å²) < 4.78 is 24.1. The molecule has 0 aliphatic carbocycles. The van der Waals surface area contributed by atoms with Crippen molar-refractivity contribution in [3.05, 3.63) is 83.9 Å². The fourth-order valence-electron chi connectivity index (χ4n) is 4.77. The maximum atomic E-state index is 13.2. The van der Waals surface area contributed by atoms with E-state index in [1.165, 1.54) is 19.2 Å². The predicted octanol–water partition coefficient (Wildman–Crippen LogP) is 4.42. The van der Waals surface area contributed by atoms with Crippen LogP contribution in [0.3, 0.4) is 0 Å². The summed E-state index contributed by atoms with van der Waals surface area (Å²) >= 11 is -2.06. The van der Waals surface area contributed by atoms with E-state index in [1.54, 1.807) is 88.4 Å². The van der Waals surface area contributed by atoms with Crippen molar-refractivity contribution in [1.29, 1.82) is 0 Å².